The molecule has 1 rings (SSSR count). The molecular formula is C9H17IN2O6. The molecule has 9 heteroatoms. The van der Waals surface area contributed by atoms with Gasteiger partial charge in [0.1, 0.15) is 18.3 Å². The van der Waals surface area contributed by atoms with Gasteiger partial charge in [0.05, 0.1) is 19.3 Å². The van der Waals surface area contributed by atoms with Gasteiger partial charge in [-0.2, -0.15) is 0 Å². The van der Waals surface area contributed by atoms with Crippen molar-refractivity contribution in [3.8, 4) is 0 Å². The van der Waals surface area contributed by atoms with Crippen LogP contribution in [0, 0.1) is 0 Å². The van der Waals surface area contributed by atoms with Crippen LogP contribution in [0.25, 0.3) is 0 Å². The lowest BCUT2D eigenvalue weighted by Crippen LogP contribution is -2.62. The number of nitrogens with two attached hydrogens (primary N) is 1. The van der Waals surface area contributed by atoms with Gasteiger partial charge in [0.2, 0.25) is 0 Å². The molecule has 0 aliphatic carbocycles. The van der Waals surface area contributed by atoms with Crippen molar-refractivity contribution in [3.05, 3.63) is 0 Å². The summed E-state index contributed by atoms with van der Waals surface area (Å²) in [7, 11) is 0. The first-order chi connectivity index (χ1) is 8.47. The van der Waals surface area contributed by atoms with Crippen LogP contribution < -0.4 is 11.1 Å². The molecule has 1 aliphatic heterocycles. The maximum Gasteiger partial charge on any atom is 0.280 e. The molecule has 5 unspecified atom stereocenters. The number of hydrogen-bond donors (Lipinski definition) is 5. The fourth-order valence-corrected chi connectivity index (χ4v) is 1.85. The summed E-state index contributed by atoms with van der Waals surface area (Å²) in [4.78, 5) is 10.6. The Balaban J connectivity index is 2.41. The van der Waals surface area contributed by atoms with E-state index in [0.717, 1.165) is 0 Å². The van der Waals surface area contributed by atoms with Crippen LogP contribution in [0.1, 0.15) is 0 Å². The number of nitrogens with one attached hydrogen (secondary N) is 1. The molecule has 0 aromatic heterocycles. The zero-order valence-electron chi connectivity index (χ0n) is 9.53. The van der Waals surface area contributed by atoms with Crippen LogP contribution >= 0.6 is 22.6 Å². The molecule has 106 valence electrons. The minimum Gasteiger partial charge on any atom is -0.394 e. The minimum atomic E-state index is -1.25. The van der Waals surface area contributed by atoms with E-state index in [-0.39, 0.29) is 17.1 Å². The highest BCUT2D eigenvalue weighted by Crippen LogP contribution is 2.20. The van der Waals surface area contributed by atoms with E-state index >= 15 is 0 Å². The number of amides is 1. The van der Waals surface area contributed by atoms with Gasteiger partial charge in [0.15, 0.2) is 6.29 Å². The van der Waals surface area contributed by atoms with E-state index in [1.165, 1.54) is 0 Å². The highest BCUT2D eigenvalue weighted by atomic mass is 127. The van der Waals surface area contributed by atoms with Gasteiger partial charge in [-0.25, -0.2) is 0 Å². The third kappa shape index (κ3) is 4.26. The zero-order chi connectivity index (χ0) is 13.7. The third-order valence-corrected chi connectivity index (χ3v) is 2.96. The maximum atomic E-state index is 10.6. The summed E-state index contributed by atoms with van der Waals surface area (Å²) in [6, 6.07) is -0.918. The van der Waals surface area contributed by atoms with Crippen molar-refractivity contribution in [1.82, 2.24) is 5.32 Å². The Bertz CT molecular complexity index is 280. The van der Waals surface area contributed by atoms with Crippen LogP contribution in [-0.4, -0.2) is 69.6 Å². The molecule has 0 radical (unpaired) electrons. The molecule has 0 bridgehead atoms. The standard InChI is InChI=1S/C9H17IN2O6/c10-9(16)12-1-2-17-8-5(11)7(15)6(14)4(3-13)18-8/h4-8,13-15H,1-3,11H2,(H,12,16). The van der Waals surface area contributed by atoms with Gasteiger partial charge in [-0.05, 0) is 0 Å². The Labute approximate surface area is 118 Å². The second kappa shape index (κ2) is 7.53. The van der Waals surface area contributed by atoms with E-state index in [4.69, 9.17) is 20.3 Å². The van der Waals surface area contributed by atoms with Gasteiger partial charge in [-0.15, -0.1) is 0 Å². The van der Waals surface area contributed by atoms with Crippen molar-refractivity contribution in [2.24, 2.45) is 5.73 Å². The highest BCUT2D eigenvalue weighted by molar-refractivity contribution is 14.1. The smallest absolute Gasteiger partial charge is 0.280 e. The van der Waals surface area contributed by atoms with E-state index in [1.54, 1.807) is 22.6 Å². The number of ether oxygens (including phenoxy) is 2. The summed E-state index contributed by atoms with van der Waals surface area (Å²) in [5.74, 6) is 0. The Morgan fingerprint density at radius 3 is 2.67 bits per heavy atom. The quantitative estimate of drug-likeness (QED) is 0.161. The van der Waals surface area contributed by atoms with Crippen molar-refractivity contribution in [2.75, 3.05) is 19.8 Å². The fraction of sp³-hybridized carbons (Fsp3) is 0.889. The van der Waals surface area contributed by atoms with Gasteiger partial charge in [-0.3, -0.25) is 4.79 Å². The number of aliphatic hydroxyl groups is 3. The molecular weight excluding hydrogens is 359 g/mol. The number of hydrogen-bond acceptors (Lipinski definition) is 7. The Hall–Kier alpha value is -0.0400. The first-order valence-corrected chi connectivity index (χ1v) is 6.48. The van der Waals surface area contributed by atoms with Crippen LogP contribution in [0.3, 0.4) is 0 Å². The number of rotatable bonds is 5. The van der Waals surface area contributed by atoms with Crippen molar-refractivity contribution in [1.29, 1.82) is 0 Å². The lowest BCUT2D eigenvalue weighted by Gasteiger charge is -2.40. The SMILES string of the molecule is NC1C(OCCNC(=O)I)OC(CO)C(O)C1O. The summed E-state index contributed by atoms with van der Waals surface area (Å²) >= 11 is 1.59. The lowest BCUT2D eigenvalue weighted by atomic mass is 9.98. The monoisotopic (exact) mass is 376 g/mol. The first kappa shape index (κ1) is 16.0. The average Bonchev–Trinajstić information content (AvgIpc) is 2.34. The van der Waals surface area contributed by atoms with Gasteiger partial charge in [-0.1, -0.05) is 0 Å². The molecule has 8 nitrogen and oxygen atoms in total. The van der Waals surface area contributed by atoms with Crippen molar-refractivity contribution in [3.63, 3.8) is 0 Å². The second-order valence-electron chi connectivity index (χ2n) is 3.86. The Kier molecular flexibility index (Phi) is 6.70. The maximum absolute atomic E-state index is 10.6. The van der Waals surface area contributed by atoms with Crippen molar-refractivity contribution >= 4 is 26.5 Å². The normalized spacial score (nSPS) is 36.4. The van der Waals surface area contributed by atoms with Crippen LogP contribution in [0.5, 0.6) is 0 Å². The van der Waals surface area contributed by atoms with Crippen LogP contribution in [0.15, 0.2) is 0 Å². The highest BCUT2D eigenvalue weighted by Gasteiger charge is 2.42. The topological polar surface area (TPSA) is 134 Å². The predicted molar refractivity (Wildman–Crippen MR) is 69.1 cm³/mol. The van der Waals surface area contributed by atoms with Crippen molar-refractivity contribution < 1.29 is 29.6 Å². The molecule has 18 heavy (non-hydrogen) atoms. The van der Waals surface area contributed by atoms with Crippen molar-refractivity contribution in [2.45, 2.75) is 30.6 Å². The summed E-state index contributed by atoms with van der Waals surface area (Å²) < 4.78 is 10.3. The summed E-state index contributed by atoms with van der Waals surface area (Å²) in [5, 5.41) is 30.7. The number of aliphatic hydroxyl groups excluding tert-OH is 3. The van der Waals surface area contributed by atoms with E-state index in [1.807, 2.05) is 0 Å². The molecule has 1 heterocycles. The molecule has 0 aromatic rings. The Morgan fingerprint density at radius 1 is 1.44 bits per heavy atom. The summed E-state index contributed by atoms with van der Waals surface area (Å²) in [6.45, 7) is -0.0276. The van der Waals surface area contributed by atoms with Gasteiger partial charge in [0, 0.05) is 29.1 Å². The lowest BCUT2D eigenvalue weighted by molar-refractivity contribution is -0.264. The minimum absolute atomic E-state index is 0.147. The molecule has 0 aromatic carbocycles. The molecule has 1 aliphatic rings. The number of halogens is 1. The first-order valence-electron chi connectivity index (χ1n) is 5.40. The molecule has 1 fully saturated rings. The summed E-state index contributed by atoms with van der Waals surface area (Å²) in [5.41, 5.74) is 5.64. The van der Waals surface area contributed by atoms with Crippen LogP contribution in [-0.2, 0) is 9.47 Å². The third-order valence-electron chi connectivity index (χ3n) is 2.58. The summed E-state index contributed by atoms with van der Waals surface area (Å²) in [6.07, 6.45) is -4.37. The van der Waals surface area contributed by atoms with E-state index in [2.05, 4.69) is 5.32 Å². The molecule has 6 N–H and O–H groups in total. The molecule has 0 saturated carbocycles. The van der Waals surface area contributed by atoms with E-state index in [0.29, 0.717) is 0 Å². The van der Waals surface area contributed by atoms with E-state index in [9.17, 15) is 15.0 Å². The average molecular weight is 376 g/mol. The second-order valence-corrected chi connectivity index (χ2v) is 4.84. The molecule has 1 amide bonds. The number of carbonyl (C=O) groups is 1. The largest absolute Gasteiger partial charge is 0.394 e. The van der Waals surface area contributed by atoms with Gasteiger partial charge in [0.25, 0.3) is 3.91 Å². The number of carbonyl (C=O) groups excluding carboxylic acids is 1. The zero-order valence-corrected chi connectivity index (χ0v) is 11.7. The predicted octanol–water partition coefficient (Wildman–Crippen LogP) is -2.09. The van der Waals surface area contributed by atoms with Gasteiger partial charge >= 0.3 is 0 Å². The van der Waals surface area contributed by atoms with E-state index < -0.39 is 37.3 Å². The van der Waals surface area contributed by atoms with Crippen LogP contribution in [0.4, 0.5) is 4.79 Å². The molecule has 1 saturated heterocycles. The molecule has 5 atom stereocenters. The van der Waals surface area contributed by atoms with Crippen LogP contribution in [0.2, 0.25) is 0 Å². The van der Waals surface area contributed by atoms with Gasteiger partial charge < -0.3 is 35.8 Å². The Morgan fingerprint density at radius 2 is 2.11 bits per heavy atom. The fourth-order valence-electron chi connectivity index (χ4n) is 1.58. The molecule has 0 spiro atoms.